The van der Waals surface area contributed by atoms with Crippen LogP contribution < -0.4 is 15.6 Å². The van der Waals surface area contributed by atoms with Gasteiger partial charge in [0.1, 0.15) is 10.6 Å². The minimum absolute atomic E-state index is 0.0682. The van der Waals surface area contributed by atoms with E-state index in [-0.39, 0.29) is 17.2 Å². The van der Waals surface area contributed by atoms with E-state index in [2.05, 4.69) is 5.32 Å². The number of aryl methyl sites for hydroxylation is 3. The highest BCUT2D eigenvalue weighted by atomic mass is 32.2. The molecule has 0 radical (unpaired) electrons. The van der Waals surface area contributed by atoms with Crippen LogP contribution in [-0.4, -0.2) is 28.3 Å². The number of hydrogen-bond acceptors (Lipinski definition) is 6. The Labute approximate surface area is 212 Å². The largest absolute Gasteiger partial charge is 0.497 e. The summed E-state index contributed by atoms with van der Waals surface area (Å²) in [7, 11) is 1.61. The van der Waals surface area contributed by atoms with Crippen molar-refractivity contribution in [2.45, 2.75) is 44.2 Å². The molecule has 1 aliphatic rings. The number of para-hydroxylation sites is 1. The third-order valence-corrected chi connectivity index (χ3v) is 8.41. The molecular weight excluding hydrogens is 478 g/mol. The zero-order valence-electron chi connectivity index (χ0n) is 19.8. The highest BCUT2D eigenvalue weighted by Crippen LogP contribution is 2.35. The number of carbonyl (C=O) groups is 1. The molecule has 6 nitrogen and oxygen atoms in total. The number of benzene rings is 2. The molecule has 1 N–H and O–H groups in total. The van der Waals surface area contributed by atoms with Crippen LogP contribution in [0.4, 0.5) is 5.69 Å². The number of anilines is 1. The molecule has 0 saturated heterocycles. The van der Waals surface area contributed by atoms with E-state index in [1.54, 1.807) is 23.0 Å². The number of nitrogens with one attached hydrogen (secondary N) is 1. The minimum Gasteiger partial charge on any atom is -0.497 e. The standard InChI is InChI=1S/C27H27N3O3S2/c1-17-8-6-7-10-21(17)28-23(31)16-34-27-29-25-24(20-9-4-3-5-11-22(20)35-25)26(32)30(27)18-12-14-19(33-2)15-13-18/h6-8,10,12-15H,3-5,9,11,16H2,1-2H3,(H,28,31). The van der Waals surface area contributed by atoms with Gasteiger partial charge in [-0.05, 0) is 74.1 Å². The summed E-state index contributed by atoms with van der Waals surface area (Å²) in [4.78, 5) is 33.6. The summed E-state index contributed by atoms with van der Waals surface area (Å²) in [6.07, 6.45) is 5.34. The van der Waals surface area contributed by atoms with Gasteiger partial charge in [0.15, 0.2) is 5.16 Å². The van der Waals surface area contributed by atoms with Crippen LogP contribution in [0.5, 0.6) is 5.75 Å². The molecule has 8 heteroatoms. The average molecular weight is 506 g/mol. The van der Waals surface area contributed by atoms with Gasteiger partial charge < -0.3 is 10.1 Å². The molecule has 35 heavy (non-hydrogen) atoms. The van der Waals surface area contributed by atoms with Gasteiger partial charge in [0.05, 0.1) is 23.9 Å². The lowest BCUT2D eigenvalue weighted by Crippen LogP contribution is -2.23. The van der Waals surface area contributed by atoms with Gasteiger partial charge in [0.2, 0.25) is 5.91 Å². The quantitative estimate of drug-likeness (QED) is 0.205. The lowest BCUT2D eigenvalue weighted by Gasteiger charge is -2.13. The Morgan fingerprint density at radius 3 is 2.66 bits per heavy atom. The second-order valence-corrected chi connectivity index (χ2v) is 10.7. The Balaban J connectivity index is 1.54. The fourth-order valence-corrected chi connectivity index (χ4v) is 6.56. The Kier molecular flexibility index (Phi) is 6.92. The van der Waals surface area contributed by atoms with Gasteiger partial charge in [0, 0.05) is 10.6 Å². The van der Waals surface area contributed by atoms with E-state index in [1.807, 2.05) is 55.5 Å². The second kappa shape index (κ2) is 10.3. The predicted octanol–water partition coefficient (Wildman–Crippen LogP) is 5.76. The first-order chi connectivity index (χ1) is 17.0. The normalized spacial score (nSPS) is 13.3. The molecule has 180 valence electrons. The van der Waals surface area contributed by atoms with Crippen LogP contribution in [0.3, 0.4) is 0 Å². The molecule has 0 spiro atoms. The molecule has 2 aromatic carbocycles. The van der Waals surface area contributed by atoms with Gasteiger partial charge >= 0.3 is 0 Å². The number of thiophene rings is 1. The molecule has 1 amide bonds. The van der Waals surface area contributed by atoms with Crippen LogP contribution in [0, 0.1) is 6.92 Å². The van der Waals surface area contributed by atoms with Crippen LogP contribution in [-0.2, 0) is 17.6 Å². The predicted molar refractivity (Wildman–Crippen MR) is 144 cm³/mol. The summed E-state index contributed by atoms with van der Waals surface area (Å²) < 4.78 is 6.94. The summed E-state index contributed by atoms with van der Waals surface area (Å²) in [6, 6.07) is 15.1. The first kappa shape index (κ1) is 23.6. The SMILES string of the molecule is COc1ccc(-n2c(SCC(=O)Nc3ccccc3C)nc3sc4c(c3c2=O)CCCCC4)cc1. The van der Waals surface area contributed by atoms with E-state index in [0.717, 1.165) is 52.7 Å². The smallest absolute Gasteiger partial charge is 0.267 e. The number of aromatic nitrogens is 2. The maximum absolute atomic E-state index is 13.9. The topological polar surface area (TPSA) is 73.2 Å². The van der Waals surface area contributed by atoms with E-state index in [4.69, 9.17) is 9.72 Å². The van der Waals surface area contributed by atoms with Crippen molar-refractivity contribution < 1.29 is 9.53 Å². The third-order valence-electron chi connectivity index (χ3n) is 6.29. The van der Waals surface area contributed by atoms with Gasteiger partial charge in [-0.2, -0.15) is 0 Å². The van der Waals surface area contributed by atoms with E-state index in [1.165, 1.54) is 23.1 Å². The van der Waals surface area contributed by atoms with E-state index in [0.29, 0.717) is 16.6 Å². The number of carbonyl (C=O) groups excluding carboxylic acids is 1. The molecule has 0 unspecified atom stereocenters. The summed E-state index contributed by atoms with van der Waals surface area (Å²) in [6.45, 7) is 1.96. The monoisotopic (exact) mass is 505 g/mol. The minimum atomic E-state index is -0.137. The van der Waals surface area contributed by atoms with Gasteiger partial charge in [-0.25, -0.2) is 4.98 Å². The van der Waals surface area contributed by atoms with Crippen molar-refractivity contribution in [1.29, 1.82) is 0 Å². The molecular formula is C27H27N3O3S2. The first-order valence-electron chi connectivity index (χ1n) is 11.7. The number of methoxy groups -OCH3 is 1. The lowest BCUT2D eigenvalue weighted by atomic mass is 10.1. The number of nitrogens with zero attached hydrogens (tertiary/aromatic N) is 2. The van der Waals surface area contributed by atoms with Crippen molar-refractivity contribution in [3.63, 3.8) is 0 Å². The van der Waals surface area contributed by atoms with Crippen LogP contribution in [0.25, 0.3) is 15.9 Å². The molecule has 0 aliphatic heterocycles. The molecule has 0 saturated carbocycles. The van der Waals surface area contributed by atoms with Crippen molar-refractivity contribution in [3.8, 4) is 11.4 Å². The molecule has 1 aliphatic carbocycles. The maximum atomic E-state index is 13.9. The number of fused-ring (bicyclic) bond motifs is 3. The highest BCUT2D eigenvalue weighted by molar-refractivity contribution is 7.99. The van der Waals surface area contributed by atoms with Crippen molar-refractivity contribution in [1.82, 2.24) is 9.55 Å². The van der Waals surface area contributed by atoms with Crippen molar-refractivity contribution in [2.75, 3.05) is 18.2 Å². The fourth-order valence-electron chi connectivity index (χ4n) is 4.45. The Hall–Kier alpha value is -3.10. The molecule has 0 fully saturated rings. The van der Waals surface area contributed by atoms with Crippen LogP contribution >= 0.6 is 23.1 Å². The maximum Gasteiger partial charge on any atom is 0.267 e. The Bertz CT molecular complexity index is 1440. The number of amides is 1. The van der Waals surface area contributed by atoms with E-state index in [9.17, 15) is 9.59 Å². The highest BCUT2D eigenvalue weighted by Gasteiger charge is 2.23. The van der Waals surface area contributed by atoms with Crippen molar-refractivity contribution >= 4 is 44.9 Å². The van der Waals surface area contributed by atoms with Crippen molar-refractivity contribution in [2.24, 2.45) is 0 Å². The van der Waals surface area contributed by atoms with Gasteiger partial charge in [-0.1, -0.05) is 36.4 Å². The number of rotatable bonds is 6. The molecule has 0 bridgehead atoms. The number of thioether (sulfide) groups is 1. The molecule has 0 atom stereocenters. The molecule has 2 heterocycles. The third kappa shape index (κ3) is 4.86. The number of hydrogen-bond donors (Lipinski definition) is 1. The summed E-state index contributed by atoms with van der Waals surface area (Å²) in [5.41, 5.74) is 3.59. The van der Waals surface area contributed by atoms with E-state index < -0.39 is 0 Å². The van der Waals surface area contributed by atoms with Gasteiger partial charge in [-0.15, -0.1) is 11.3 Å². The zero-order chi connectivity index (χ0) is 24.4. The summed E-state index contributed by atoms with van der Waals surface area (Å²) >= 11 is 2.91. The Morgan fingerprint density at radius 2 is 1.89 bits per heavy atom. The molecule has 2 aromatic heterocycles. The van der Waals surface area contributed by atoms with Crippen LogP contribution in [0.1, 0.15) is 35.3 Å². The van der Waals surface area contributed by atoms with E-state index >= 15 is 0 Å². The number of ether oxygens (including phenoxy) is 1. The average Bonchev–Trinajstić information content (AvgIpc) is 3.05. The summed E-state index contributed by atoms with van der Waals surface area (Å²) in [5.74, 6) is 0.724. The van der Waals surface area contributed by atoms with Crippen molar-refractivity contribution in [3.05, 3.63) is 74.9 Å². The Morgan fingerprint density at radius 1 is 1.11 bits per heavy atom. The van der Waals surface area contributed by atoms with Gasteiger partial charge in [-0.3, -0.25) is 14.2 Å². The summed E-state index contributed by atoms with van der Waals surface area (Å²) in [5, 5.41) is 4.21. The zero-order valence-corrected chi connectivity index (χ0v) is 21.4. The van der Waals surface area contributed by atoms with Gasteiger partial charge in [0.25, 0.3) is 5.56 Å². The second-order valence-electron chi connectivity index (χ2n) is 8.63. The molecule has 4 aromatic rings. The first-order valence-corrected chi connectivity index (χ1v) is 13.6. The van der Waals surface area contributed by atoms with Crippen LogP contribution in [0.15, 0.2) is 58.5 Å². The van der Waals surface area contributed by atoms with Crippen LogP contribution in [0.2, 0.25) is 0 Å². The fraction of sp³-hybridized carbons (Fsp3) is 0.296. The lowest BCUT2D eigenvalue weighted by molar-refractivity contribution is -0.113. The molecule has 5 rings (SSSR count).